The van der Waals surface area contributed by atoms with Crippen molar-refractivity contribution in [2.75, 3.05) is 30.0 Å². The van der Waals surface area contributed by atoms with Crippen molar-refractivity contribution in [2.24, 2.45) is 0 Å². The van der Waals surface area contributed by atoms with E-state index in [0.717, 1.165) is 12.2 Å². The molecule has 0 bridgehead atoms. The zero-order valence-corrected chi connectivity index (χ0v) is 9.91. The van der Waals surface area contributed by atoms with Gasteiger partial charge in [0.15, 0.2) is 5.82 Å². The molecule has 0 radical (unpaired) electrons. The van der Waals surface area contributed by atoms with Gasteiger partial charge in [-0.05, 0) is 6.07 Å². The molecule has 2 aliphatic rings. The highest BCUT2D eigenvalue weighted by Gasteiger charge is 2.31. The fourth-order valence-electron chi connectivity index (χ4n) is 2.28. The zero-order chi connectivity index (χ0) is 11.8. The Kier molecular flexibility index (Phi) is 2.64. The van der Waals surface area contributed by atoms with Gasteiger partial charge in [0.25, 0.3) is 0 Å². The molecule has 0 spiro atoms. The summed E-state index contributed by atoms with van der Waals surface area (Å²) in [5.41, 5.74) is 0.886. The molecule has 1 fully saturated rings. The first-order chi connectivity index (χ1) is 8.24. The molecule has 90 valence electrons. The van der Waals surface area contributed by atoms with Crippen molar-refractivity contribution >= 4 is 29.0 Å². The number of fused-ring (bicyclic) bond motifs is 3. The second-order valence-corrected chi connectivity index (χ2v) is 4.63. The van der Waals surface area contributed by atoms with Crippen molar-refractivity contribution in [3.05, 3.63) is 17.3 Å². The number of pyridine rings is 1. The average molecular weight is 254 g/mol. The largest absolute Gasteiger partial charge is 0.377 e. The molecule has 1 atom stereocenters. The lowest BCUT2D eigenvalue weighted by Crippen LogP contribution is -2.45. The van der Waals surface area contributed by atoms with E-state index in [9.17, 15) is 4.79 Å². The van der Waals surface area contributed by atoms with E-state index in [2.05, 4.69) is 15.2 Å². The van der Waals surface area contributed by atoms with Crippen molar-refractivity contribution in [3.63, 3.8) is 0 Å². The average Bonchev–Trinajstić information content (AvgIpc) is 2.45. The first kappa shape index (κ1) is 10.8. The second-order valence-electron chi connectivity index (χ2n) is 4.20. The van der Waals surface area contributed by atoms with Gasteiger partial charge in [-0.15, -0.1) is 0 Å². The quantitative estimate of drug-likeness (QED) is 0.757. The highest BCUT2D eigenvalue weighted by atomic mass is 35.5. The van der Waals surface area contributed by atoms with Crippen LogP contribution in [0.15, 0.2) is 12.3 Å². The van der Waals surface area contributed by atoms with Crippen LogP contribution in [0.3, 0.4) is 0 Å². The van der Waals surface area contributed by atoms with E-state index in [4.69, 9.17) is 16.3 Å². The van der Waals surface area contributed by atoms with Gasteiger partial charge in [-0.25, -0.2) is 4.98 Å². The number of nitrogens with one attached hydrogen (secondary N) is 1. The summed E-state index contributed by atoms with van der Waals surface area (Å²) in [7, 11) is 0. The van der Waals surface area contributed by atoms with Crippen LogP contribution >= 0.6 is 11.6 Å². The van der Waals surface area contributed by atoms with Gasteiger partial charge in [0, 0.05) is 19.2 Å². The summed E-state index contributed by atoms with van der Waals surface area (Å²) >= 11 is 5.96. The topological polar surface area (TPSA) is 54.5 Å². The predicted octanol–water partition coefficient (Wildman–Crippen LogP) is 1.28. The number of ether oxygens (including phenoxy) is 1. The molecule has 0 unspecified atom stereocenters. The molecule has 0 aliphatic carbocycles. The number of halogens is 1. The molecule has 17 heavy (non-hydrogen) atoms. The monoisotopic (exact) mass is 253 g/mol. The normalized spacial score (nSPS) is 23.5. The number of nitrogens with zero attached hydrogens (tertiary/aromatic N) is 2. The number of hydrogen-bond acceptors (Lipinski definition) is 4. The number of amides is 1. The standard InChI is InChI=1S/C11H12ClN3O2/c12-7-3-9-11(13-5-7)14-10(16)4-8-6-17-2-1-15(8)9/h3,5,8H,1-2,4,6H2,(H,13,14,16)/t8-/m1/s1. The zero-order valence-electron chi connectivity index (χ0n) is 9.15. The second kappa shape index (κ2) is 4.16. The molecule has 1 aromatic rings. The van der Waals surface area contributed by atoms with Crippen LogP contribution in [0.4, 0.5) is 11.5 Å². The number of carbonyl (C=O) groups excluding carboxylic acids is 1. The highest BCUT2D eigenvalue weighted by Crippen LogP contribution is 2.32. The van der Waals surface area contributed by atoms with Gasteiger partial charge in [-0.2, -0.15) is 0 Å². The maximum Gasteiger partial charge on any atom is 0.227 e. The van der Waals surface area contributed by atoms with E-state index in [-0.39, 0.29) is 11.9 Å². The van der Waals surface area contributed by atoms with Crippen LogP contribution in [0, 0.1) is 0 Å². The van der Waals surface area contributed by atoms with Crippen LogP contribution in [0.25, 0.3) is 0 Å². The summed E-state index contributed by atoms with van der Waals surface area (Å²) in [6.07, 6.45) is 1.97. The van der Waals surface area contributed by atoms with Crippen molar-refractivity contribution in [1.29, 1.82) is 0 Å². The maximum absolute atomic E-state index is 11.7. The van der Waals surface area contributed by atoms with Crippen molar-refractivity contribution in [3.8, 4) is 0 Å². The molecule has 3 rings (SSSR count). The molecule has 2 aliphatic heterocycles. The molecular formula is C11H12ClN3O2. The molecule has 3 heterocycles. The van der Waals surface area contributed by atoms with E-state index in [1.165, 1.54) is 0 Å². The Labute approximate surface area is 104 Å². The number of rotatable bonds is 0. The van der Waals surface area contributed by atoms with E-state index in [1.54, 1.807) is 6.20 Å². The molecule has 1 aromatic heterocycles. The number of aromatic nitrogens is 1. The third-order valence-electron chi connectivity index (χ3n) is 3.05. The van der Waals surface area contributed by atoms with Crippen LogP contribution in [0.5, 0.6) is 0 Å². The Morgan fingerprint density at radius 2 is 2.47 bits per heavy atom. The number of carbonyl (C=O) groups is 1. The summed E-state index contributed by atoms with van der Waals surface area (Å²) in [5, 5.41) is 3.37. The number of anilines is 2. The van der Waals surface area contributed by atoms with E-state index >= 15 is 0 Å². The summed E-state index contributed by atoms with van der Waals surface area (Å²) < 4.78 is 5.41. The minimum absolute atomic E-state index is 0.0286. The van der Waals surface area contributed by atoms with Gasteiger partial charge in [-0.3, -0.25) is 4.79 Å². The van der Waals surface area contributed by atoms with E-state index < -0.39 is 0 Å². The smallest absolute Gasteiger partial charge is 0.227 e. The molecular weight excluding hydrogens is 242 g/mol. The van der Waals surface area contributed by atoms with Gasteiger partial charge < -0.3 is 15.0 Å². The Morgan fingerprint density at radius 3 is 3.35 bits per heavy atom. The van der Waals surface area contributed by atoms with Crippen LogP contribution in [-0.2, 0) is 9.53 Å². The Morgan fingerprint density at radius 1 is 1.59 bits per heavy atom. The first-order valence-electron chi connectivity index (χ1n) is 5.54. The van der Waals surface area contributed by atoms with Gasteiger partial charge in [0.2, 0.25) is 5.91 Å². The highest BCUT2D eigenvalue weighted by molar-refractivity contribution is 6.30. The van der Waals surface area contributed by atoms with Crippen molar-refractivity contribution < 1.29 is 9.53 Å². The van der Waals surface area contributed by atoms with E-state index in [1.807, 2.05) is 6.07 Å². The third-order valence-corrected chi connectivity index (χ3v) is 3.26. The summed E-state index contributed by atoms with van der Waals surface area (Å²) in [6.45, 7) is 1.99. The van der Waals surface area contributed by atoms with Crippen molar-refractivity contribution in [2.45, 2.75) is 12.5 Å². The third kappa shape index (κ3) is 1.96. The van der Waals surface area contributed by atoms with Crippen molar-refractivity contribution in [1.82, 2.24) is 4.98 Å². The minimum atomic E-state index is -0.0286. The molecule has 1 amide bonds. The molecule has 0 aromatic carbocycles. The summed E-state index contributed by atoms with van der Waals surface area (Å²) in [5.74, 6) is 0.558. The van der Waals surface area contributed by atoms with Crippen LogP contribution < -0.4 is 10.2 Å². The van der Waals surface area contributed by atoms with E-state index in [0.29, 0.717) is 30.5 Å². The number of morpholine rings is 1. The number of hydrogen-bond donors (Lipinski definition) is 1. The lowest BCUT2D eigenvalue weighted by molar-refractivity contribution is -0.116. The van der Waals surface area contributed by atoms with Gasteiger partial charge in [0.05, 0.1) is 30.0 Å². The SMILES string of the molecule is O=C1C[C@@H]2COCCN2c2cc(Cl)cnc2N1. The van der Waals surface area contributed by atoms with Crippen LogP contribution in [0.2, 0.25) is 5.02 Å². The molecule has 1 N–H and O–H groups in total. The fraction of sp³-hybridized carbons (Fsp3) is 0.455. The Hall–Kier alpha value is -1.33. The maximum atomic E-state index is 11.7. The van der Waals surface area contributed by atoms with Gasteiger partial charge in [0.1, 0.15) is 0 Å². The lowest BCUT2D eigenvalue weighted by Gasteiger charge is -2.35. The minimum Gasteiger partial charge on any atom is -0.377 e. The van der Waals surface area contributed by atoms with Gasteiger partial charge in [-0.1, -0.05) is 11.6 Å². The predicted molar refractivity (Wildman–Crippen MR) is 64.4 cm³/mol. The van der Waals surface area contributed by atoms with Gasteiger partial charge >= 0.3 is 0 Å². The molecule has 6 heteroatoms. The van der Waals surface area contributed by atoms with Crippen LogP contribution in [-0.4, -0.2) is 36.7 Å². The summed E-state index contributed by atoms with van der Waals surface area (Å²) in [4.78, 5) is 18.0. The first-order valence-corrected chi connectivity index (χ1v) is 5.91. The Bertz CT molecular complexity index is 466. The Balaban J connectivity index is 2.07. The molecule has 5 nitrogen and oxygen atoms in total. The summed E-state index contributed by atoms with van der Waals surface area (Å²) in [6, 6.07) is 1.92. The fourth-order valence-corrected chi connectivity index (χ4v) is 2.43. The molecule has 0 saturated carbocycles. The van der Waals surface area contributed by atoms with Crippen LogP contribution in [0.1, 0.15) is 6.42 Å². The molecule has 1 saturated heterocycles. The lowest BCUT2D eigenvalue weighted by atomic mass is 10.1.